The zero-order valence-electron chi connectivity index (χ0n) is 8.83. The van der Waals surface area contributed by atoms with Crippen molar-refractivity contribution in [2.24, 2.45) is 0 Å². The number of hydrogen-bond donors (Lipinski definition) is 1. The van der Waals surface area contributed by atoms with Crippen LogP contribution in [0.3, 0.4) is 0 Å². The van der Waals surface area contributed by atoms with Crippen LogP contribution >= 0.6 is 11.6 Å². The van der Waals surface area contributed by atoms with Gasteiger partial charge in [-0.25, -0.2) is 9.18 Å². The Morgan fingerprint density at radius 2 is 2.24 bits per heavy atom. The Kier molecular flexibility index (Phi) is 2.85. The van der Waals surface area contributed by atoms with Crippen LogP contribution in [0.4, 0.5) is 10.1 Å². The van der Waals surface area contributed by atoms with Crippen molar-refractivity contribution in [1.29, 1.82) is 0 Å². The molecule has 1 aromatic carbocycles. The van der Waals surface area contributed by atoms with Crippen LogP contribution in [-0.4, -0.2) is 18.1 Å². The molecule has 0 radical (unpaired) electrons. The number of rotatable bonds is 1. The van der Waals surface area contributed by atoms with E-state index in [2.05, 4.69) is 9.72 Å². The number of methoxy groups -OCH3 is 1. The Morgan fingerprint density at radius 3 is 2.88 bits per heavy atom. The monoisotopic (exact) mass is 254 g/mol. The average molecular weight is 255 g/mol. The maximum atomic E-state index is 13.1. The van der Waals surface area contributed by atoms with Crippen LogP contribution in [0.25, 0.3) is 10.9 Å². The average Bonchev–Trinajstić information content (AvgIpc) is 2.27. The first-order valence-corrected chi connectivity index (χ1v) is 5.04. The minimum atomic E-state index is -0.614. The van der Waals surface area contributed by atoms with Gasteiger partial charge < -0.3 is 10.5 Å². The highest BCUT2D eigenvalue weighted by Crippen LogP contribution is 2.30. The number of pyridine rings is 1. The van der Waals surface area contributed by atoms with Crippen molar-refractivity contribution >= 4 is 34.2 Å². The summed E-state index contributed by atoms with van der Waals surface area (Å²) in [6, 6.07) is 2.31. The summed E-state index contributed by atoms with van der Waals surface area (Å²) >= 11 is 5.88. The van der Waals surface area contributed by atoms with E-state index < -0.39 is 11.8 Å². The first kappa shape index (κ1) is 11.6. The molecule has 2 N–H and O–H groups in total. The van der Waals surface area contributed by atoms with Gasteiger partial charge in [0, 0.05) is 17.6 Å². The van der Waals surface area contributed by atoms with Crippen LogP contribution in [0.15, 0.2) is 18.3 Å². The Balaban J connectivity index is 2.80. The van der Waals surface area contributed by atoms with Crippen molar-refractivity contribution < 1.29 is 13.9 Å². The van der Waals surface area contributed by atoms with Gasteiger partial charge in [0.05, 0.1) is 23.3 Å². The van der Waals surface area contributed by atoms with Crippen LogP contribution < -0.4 is 5.73 Å². The standard InChI is InChI=1S/C11H8ClFN2O2/c1-17-11(16)6-4-15-8-3-5(13)2-7(12)9(8)10(6)14/h2-4H,1H3,(H2,14,15). The Labute approximate surface area is 101 Å². The fourth-order valence-corrected chi connectivity index (χ4v) is 1.84. The molecule has 2 rings (SSSR count). The molecule has 1 heterocycles. The van der Waals surface area contributed by atoms with Crippen molar-refractivity contribution in [2.45, 2.75) is 0 Å². The minimum Gasteiger partial charge on any atom is -0.465 e. The third-order valence-electron chi connectivity index (χ3n) is 2.33. The zero-order chi connectivity index (χ0) is 12.6. The highest BCUT2D eigenvalue weighted by Gasteiger charge is 2.16. The van der Waals surface area contributed by atoms with Crippen molar-refractivity contribution in [1.82, 2.24) is 4.98 Å². The highest BCUT2D eigenvalue weighted by atomic mass is 35.5. The first-order valence-electron chi connectivity index (χ1n) is 4.66. The highest BCUT2D eigenvalue weighted by molar-refractivity contribution is 6.36. The van der Waals surface area contributed by atoms with Gasteiger partial charge in [-0.3, -0.25) is 4.98 Å². The van der Waals surface area contributed by atoms with Gasteiger partial charge in [-0.15, -0.1) is 0 Å². The molecule has 0 atom stereocenters. The molecule has 0 saturated carbocycles. The van der Waals surface area contributed by atoms with Crippen LogP contribution in [0.1, 0.15) is 10.4 Å². The number of carbonyl (C=O) groups is 1. The number of esters is 1. The molecule has 0 aliphatic heterocycles. The van der Waals surface area contributed by atoms with Crippen molar-refractivity contribution in [3.05, 3.63) is 34.7 Å². The van der Waals surface area contributed by atoms with E-state index in [4.69, 9.17) is 17.3 Å². The van der Waals surface area contributed by atoms with Gasteiger partial charge in [-0.1, -0.05) is 11.6 Å². The summed E-state index contributed by atoms with van der Waals surface area (Å²) in [5, 5.41) is 0.451. The van der Waals surface area contributed by atoms with Gasteiger partial charge in [0.15, 0.2) is 0 Å². The van der Waals surface area contributed by atoms with Crippen LogP contribution in [0.2, 0.25) is 5.02 Å². The van der Waals surface area contributed by atoms with Gasteiger partial charge in [-0.2, -0.15) is 0 Å². The number of hydrogen-bond acceptors (Lipinski definition) is 4. The summed E-state index contributed by atoms with van der Waals surface area (Å²) in [5.41, 5.74) is 6.33. The van der Waals surface area contributed by atoms with Crippen molar-refractivity contribution in [3.63, 3.8) is 0 Å². The molecular formula is C11H8ClFN2O2. The predicted molar refractivity (Wildman–Crippen MR) is 62.5 cm³/mol. The maximum absolute atomic E-state index is 13.1. The molecule has 1 aromatic heterocycles. The first-order chi connectivity index (χ1) is 8.04. The number of nitrogen functional groups attached to an aromatic ring is 1. The molecule has 0 aliphatic rings. The predicted octanol–water partition coefficient (Wildman–Crippen LogP) is 2.40. The van der Waals surface area contributed by atoms with E-state index in [0.717, 1.165) is 6.07 Å². The molecule has 0 spiro atoms. The van der Waals surface area contributed by atoms with Crippen LogP contribution in [-0.2, 0) is 4.74 Å². The number of carbonyl (C=O) groups excluding carboxylic acids is 1. The lowest BCUT2D eigenvalue weighted by Gasteiger charge is -2.08. The lowest BCUT2D eigenvalue weighted by Crippen LogP contribution is -2.07. The number of nitrogens with two attached hydrogens (primary N) is 1. The summed E-state index contributed by atoms with van der Waals surface area (Å²) < 4.78 is 17.7. The second kappa shape index (κ2) is 4.18. The molecular weight excluding hydrogens is 247 g/mol. The summed E-state index contributed by atoms with van der Waals surface area (Å²) in [6.07, 6.45) is 1.24. The Bertz CT molecular complexity index is 616. The summed E-state index contributed by atoms with van der Waals surface area (Å²) in [4.78, 5) is 15.3. The lowest BCUT2D eigenvalue weighted by atomic mass is 10.1. The quantitative estimate of drug-likeness (QED) is 0.794. The van der Waals surface area contributed by atoms with E-state index in [0.29, 0.717) is 10.9 Å². The van der Waals surface area contributed by atoms with Gasteiger partial charge in [-0.05, 0) is 6.07 Å². The third-order valence-corrected chi connectivity index (χ3v) is 2.63. The largest absolute Gasteiger partial charge is 0.465 e. The number of anilines is 1. The molecule has 0 bridgehead atoms. The number of fused-ring (bicyclic) bond motifs is 1. The third kappa shape index (κ3) is 1.89. The van der Waals surface area contributed by atoms with E-state index in [1.807, 2.05) is 0 Å². The Morgan fingerprint density at radius 1 is 1.53 bits per heavy atom. The molecule has 4 nitrogen and oxygen atoms in total. The minimum absolute atomic E-state index is 0.105. The zero-order valence-corrected chi connectivity index (χ0v) is 9.58. The van der Waals surface area contributed by atoms with E-state index >= 15 is 0 Å². The number of ether oxygens (including phenoxy) is 1. The summed E-state index contributed by atoms with van der Waals surface area (Å²) in [7, 11) is 1.23. The number of benzene rings is 1. The summed E-state index contributed by atoms with van der Waals surface area (Å²) in [5.74, 6) is -1.13. The second-order valence-corrected chi connectivity index (χ2v) is 3.77. The van der Waals surface area contributed by atoms with Crippen LogP contribution in [0, 0.1) is 5.82 Å². The van der Waals surface area contributed by atoms with Gasteiger partial charge in [0.2, 0.25) is 0 Å². The number of halogens is 2. The molecule has 0 fully saturated rings. The number of aromatic nitrogens is 1. The smallest absolute Gasteiger partial charge is 0.341 e. The molecule has 0 amide bonds. The molecule has 6 heteroatoms. The molecule has 2 aromatic rings. The fourth-order valence-electron chi connectivity index (χ4n) is 1.54. The SMILES string of the molecule is COC(=O)c1cnc2cc(F)cc(Cl)c2c1N. The van der Waals surface area contributed by atoms with E-state index in [-0.39, 0.29) is 16.3 Å². The molecule has 0 saturated heterocycles. The summed E-state index contributed by atoms with van der Waals surface area (Å²) in [6.45, 7) is 0. The molecule has 17 heavy (non-hydrogen) atoms. The maximum Gasteiger partial charge on any atom is 0.341 e. The van der Waals surface area contributed by atoms with Gasteiger partial charge >= 0.3 is 5.97 Å². The van der Waals surface area contributed by atoms with Gasteiger partial charge in [0.25, 0.3) is 0 Å². The fraction of sp³-hybridized carbons (Fsp3) is 0.0909. The van der Waals surface area contributed by atoms with Crippen LogP contribution in [0.5, 0.6) is 0 Å². The topological polar surface area (TPSA) is 65.2 Å². The second-order valence-electron chi connectivity index (χ2n) is 3.36. The normalized spacial score (nSPS) is 10.5. The molecule has 0 aliphatic carbocycles. The van der Waals surface area contributed by atoms with E-state index in [9.17, 15) is 9.18 Å². The van der Waals surface area contributed by atoms with Crippen molar-refractivity contribution in [3.8, 4) is 0 Å². The van der Waals surface area contributed by atoms with Crippen molar-refractivity contribution in [2.75, 3.05) is 12.8 Å². The van der Waals surface area contributed by atoms with Gasteiger partial charge in [0.1, 0.15) is 11.4 Å². The van der Waals surface area contributed by atoms with E-state index in [1.165, 1.54) is 19.4 Å². The molecule has 0 unspecified atom stereocenters. The van der Waals surface area contributed by atoms with E-state index in [1.54, 1.807) is 0 Å². The molecule has 88 valence electrons. The lowest BCUT2D eigenvalue weighted by molar-refractivity contribution is 0.0601. The number of nitrogens with zero attached hydrogens (tertiary/aromatic N) is 1. The Hall–Kier alpha value is -1.88.